The number of halogens is 1. The monoisotopic (exact) mass is 287 g/mol. The molecule has 0 fully saturated rings. The highest BCUT2D eigenvalue weighted by molar-refractivity contribution is 6.04. The number of benzene rings is 1. The van der Waals surface area contributed by atoms with Crippen LogP contribution in [-0.4, -0.2) is 21.6 Å². The van der Waals surface area contributed by atoms with Crippen molar-refractivity contribution in [3.05, 3.63) is 53.6 Å². The first kappa shape index (κ1) is 14.3. The largest absolute Gasteiger partial charge is 0.480 e. The van der Waals surface area contributed by atoms with E-state index < -0.39 is 17.7 Å². The van der Waals surface area contributed by atoms with Crippen molar-refractivity contribution in [2.75, 3.05) is 5.32 Å². The number of nitrogens with zero attached hydrogens (tertiary/aromatic N) is 2. The topological polar surface area (TPSA) is 95.1 Å². The third kappa shape index (κ3) is 3.06. The number of carbonyl (C=O) groups excluding carboxylic acids is 1. The fraction of sp³-hybridized carbons (Fsp3) is 0.0714. The summed E-state index contributed by atoms with van der Waals surface area (Å²) in [5, 5.41) is 20.0. The Bertz CT molecular complexity index is 746. The van der Waals surface area contributed by atoms with E-state index in [1.165, 1.54) is 35.0 Å². The van der Waals surface area contributed by atoms with E-state index in [0.29, 0.717) is 0 Å². The molecule has 2 aromatic rings. The molecule has 0 spiro atoms. The molecule has 0 aliphatic rings. The zero-order chi connectivity index (χ0) is 15.4. The number of aromatic nitrogens is 1. The van der Waals surface area contributed by atoms with E-state index in [1.807, 2.05) is 0 Å². The second-order valence-electron chi connectivity index (χ2n) is 4.14. The molecule has 106 valence electrons. The van der Waals surface area contributed by atoms with Crippen LogP contribution in [0.25, 0.3) is 0 Å². The van der Waals surface area contributed by atoms with E-state index in [2.05, 4.69) is 5.32 Å². The number of amides is 1. The van der Waals surface area contributed by atoms with Gasteiger partial charge in [-0.1, -0.05) is 6.07 Å². The Balaban J connectivity index is 2.28. The van der Waals surface area contributed by atoms with Gasteiger partial charge in [0.15, 0.2) is 0 Å². The second kappa shape index (κ2) is 5.88. The van der Waals surface area contributed by atoms with Crippen LogP contribution in [-0.2, 0) is 11.3 Å². The van der Waals surface area contributed by atoms with Gasteiger partial charge in [-0.15, -0.1) is 0 Å². The average Bonchev–Trinajstić information content (AvgIpc) is 2.86. The molecule has 7 heteroatoms. The average molecular weight is 287 g/mol. The first-order valence-electron chi connectivity index (χ1n) is 5.90. The maximum Gasteiger partial charge on any atom is 0.323 e. The summed E-state index contributed by atoms with van der Waals surface area (Å²) in [6, 6.07) is 8.50. The number of nitrogens with one attached hydrogen (secondary N) is 1. The molecule has 0 atom stereocenters. The molecule has 0 aliphatic heterocycles. The molecule has 0 saturated carbocycles. The fourth-order valence-electron chi connectivity index (χ4n) is 1.83. The van der Waals surface area contributed by atoms with Crippen LogP contribution < -0.4 is 5.32 Å². The Labute approximate surface area is 119 Å². The van der Waals surface area contributed by atoms with E-state index in [-0.39, 0.29) is 23.5 Å². The Kier molecular flexibility index (Phi) is 4.00. The zero-order valence-corrected chi connectivity index (χ0v) is 10.7. The van der Waals surface area contributed by atoms with Gasteiger partial charge in [0, 0.05) is 6.20 Å². The highest BCUT2D eigenvalue weighted by Crippen LogP contribution is 2.18. The summed E-state index contributed by atoms with van der Waals surface area (Å²) in [6.45, 7) is -0.371. The number of hydrogen-bond acceptors (Lipinski definition) is 3. The molecule has 6 nitrogen and oxygen atoms in total. The van der Waals surface area contributed by atoms with Gasteiger partial charge in [0.05, 0.1) is 5.69 Å². The third-order valence-electron chi connectivity index (χ3n) is 2.74. The number of aliphatic carboxylic acids is 1. The van der Waals surface area contributed by atoms with E-state index >= 15 is 0 Å². The van der Waals surface area contributed by atoms with Crippen molar-refractivity contribution >= 4 is 17.6 Å². The smallest absolute Gasteiger partial charge is 0.323 e. The van der Waals surface area contributed by atoms with Crippen LogP contribution in [0.3, 0.4) is 0 Å². The summed E-state index contributed by atoms with van der Waals surface area (Å²) in [7, 11) is 0. The third-order valence-corrected chi connectivity index (χ3v) is 2.74. The number of anilines is 1. The van der Waals surface area contributed by atoms with Crippen molar-refractivity contribution in [3.63, 3.8) is 0 Å². The molecule has 2 N–H and O–H groups in total. The summed E-state index contributed by atoms with van der Waals surface area (Å²) in [5.74, 6) is -2.46. The summed E-state index contributed by atoms with van der Waals surface area (Å²) in [5.41, 5.74) is -0.140. The minimum absolute atomic E-state index is 0.0329. The number of carbonyl (C=O) groups is 2. The Morgan fingerprint density at radius 3 is 2.76 bits per heavy atom. The predicted molar refractivity (Wildman–Crippen MR) is 71.1 cm³/mol. The summed E-state index contributed by atoms with van der Waals surface area (Å²) < 4.78 is 14.7. The molecule has 2 rings (SSSR count). The Morgan fingerprint density at radius 1 is 1.33 bits per heavy atom. The van der Waals surface area contributed by atoms with Gasteiger partial charge < -0.3 is 15.0 Å². The van der Waals surface area contributed by atoms with Gasteiger partial charge in [0.25, 0.3) is 5.91 Å². The van der Waals surface area contributed by atoms with Gasteiger partial charge >= 0.3 is 5.97 Å². The van der Waals surface area contributed by atoms with Crippen molar-refractivity contribution in [2.45, 2.75) is 6.54 Å². The van der Waals surface area contributed by atoms with Gasteiger partial charge in [-0.25, -0.2) is 4.39 Å². The van der Waals surface area contributed by atoms with Crippen LogP contribution in [0.2, 0.25) is 0 Å². The van der Waals surface area contributed by atoms with Gasteiger partial charge in [-0.2, -0.15) is 5.26 Å². The van der Waals surface area contributed by atoms with Crippen LogP contribution in [0.5, 0.6) is 0 Å². The van der Waals surface area contributed by atoms with Crippen molar-refractivity contribution in [1.29, 1.82) is 5.26 Å². The fourth-order valence-corrected chi connectivity index (χ4v) is 1.83. The summed E-state index contributed by atoms with van der Waals surface area (Å²) >= 11 is 0. The van der Waals surface area contributed by atoms with Crippen molar-refractivity contribution in [3.8, 4) is 6.07 Å². The molecule has 1 aromatic heterocycles. The van der Waals surface area contributed by atoms with Crippen LogP contribution in [0, 0.1) is 17.1 Å². The van der Waals surface area contributed by atoms with Gasteiger partial charge in [-0.05, 0) is 24.3 Å². The maximum atomic E-state index is 13.4. The highest BCUT2D eigenvalue weighted by Gasteiger charge is 2.15. The van der Waals surface area contributed by atoms with E-state index in [9.17, 15) is 14.0 Å². The number of nitriles is 1. The standard InChI is InChI=1S/C14H10FN3O3/c15-10-3-1-4-11(9(10)7-16)17-14(21)12-5-2-6-18(12)8-13(19)20/h1-6H,8H2,(H,17,21)(H,19,20). The number of carboxylic acids is 1. The second-order valence-corrected chi connectivity index (χ2v) is 4.14. The molecule has 0 bridgehead atoms. The molecule has 21 heavy (non-hydrogen) atoms. The minimum Gasteiger partial charge on any atom is -0.480 e. The molecule has 0 radical (unpaired) electrons. The lowest BCUT2D eigenvalue weighted by Crippen LogP contribution is -2.20. The Morgan fingerprint density at radius 2 is 2.10 bits per heavy atom. The molecule has 1 aromatic carbocycles. The van der Waals surface area contributed by atoms with E-state index in [0.717, 1.165) is 6.07 Å². The van der Waals surface area contributed by atoms with Crippen LogP contribution in [0.15, 0.2) is 36.5 Å². The molecular formula is C14H10FN3O3. The minimum atomic E-state index is -1.09. The molecule has 0 saturated heterocycles. The first-order chi connectivity index (χ1) is 10.0. The highest BCUT2D eigenvalue weighted by atomic mass is 19.1. The van der Waals surface area contributed by atoms with Crippen molar-refractivity contribution in [1.82, 2.24) is 4.57 Å². The van der Waals surface area contributed by atoms with Gasteiger partial charge in [0.2, 0.25) is 0 Å². The van der Waals surface area contributed by atoms with E-state index in [1.54, 1.807) is 6.07 Å². The lowest BCUT2D eigenvalue weighted by atomic mass is 10.2. The molecule has 0 aliphatic carbocycles. The lowest BCUT2D eigenvalue weighted by molar-refractivity contribution is -0.137. The normalized spacial score (nSPS) is 9.90. The molecular weight excluding hydrogens is 277 g/mol. The predicted octanol–water partition coefficient (Wildman–Crippen LogP) is 1.84. The SMILES string of the molecule is N#Cc1c(F)cccc1NC(=O)c1cccn1CC(=O)O. The van der Waals surface area contributed by atoms with Crippen LogP contribution in [0.1, 0.15) is 16.1 Å². The van der Waals surface area contributed by atoms with Gasteiger partial charge in [-0.3, -0.25) is 9.59 Å². The number of carboxylic acid groups (broad SMARTS) is 1. The van der Waals surface area contributed by atoms with Crippen LogP contribution in [0.4, 0.5) is 10.1 Å². The molecule has 0 unspecified atom stereocenters. The summed E-state index contributed by atoms with van der Waals surface area (Å²) in [6.07, 6.45) is 1.44. The summed E-state index contributed by atoms with van der Waals surface area (Å²) in [4.78, 5) is 22.8. The molecule has 1 heterocycles. The van der Waals surface area contributed by atoms with Crippen LogP contribution >= 0.6 is 0 Å². The van der Waals surface area contributed by atoms with Gasteiger partial charge in [0.1, 0.15) is 29.7 Å². The first-order valence-corrected chi connectivity index (χ1v) is 5.90. The number of rotatable bonds is 4. The van der Waals surface area contributed by atoms with Crippen molar-refractivity contribution < 1.29 is 19.1 Å². The van der Waals surface area contributed by atoms with E-state index in [4.69, 9.17) is 10.4 Å². The number of hydrogen-bond donors (Lipinski definition) is 2. The molecule has 1 amide bonds. The quantitative estimate of drug-likeness (QED) is 0.896. The Hall–Kier alpha value is -3.14. The maximum absolute atomic E-state index is 13.4. The van der Waals surface area contributed by atoms with Crippen molar-refractivity contribution in [2.24, 2.45) is 0 Å². The lowest BCUT2D eigenvalue weighted by Gasteiger charge is -2.09. The zero-order valence-electron chi connectivity index (χ0n) is 10.7.